The van der Waals surface area contributed by atoms with Gasteiger partial charge < -0.3 is 4.90 Å². The van der Waals surface area contributed by atoms with Crippen LogP contribution in [-0.2, 0) is 4.79 Å². The standard InChI is InChI=1S/C30H41N3O2/c1-9-16-32(27(34)18-21(3)19-30(6,7)8)23(5)28-31-25-13-11-10-12-24(25)29(35)33(28)26-15-14-20(2)17-22(26)4/h10-15,17,21,23H,9,16,18-19H2,1-8H3. The molecule has 0 N–H and O–H groups in total. The average molecular weight is 476 g/mol. The fourth-order valence-corrected chi connectivity index (χ4v) is 5.17. The van der Waals surface area contributed by atoms with Crippen LogP contribution in [0.3, 0.4) is 0 Å². The minimum absolute atomic E-state index is 0.102. The highest BCUT2D eigenvalue weighted by Gasteiger charge is 2.28. The molecule has 2 aromatic carbocycles. The molecular weight excluding hydrogens is 434 g/mol. The van der Waals surface area contributed by atoms with Crippen LogP contribution in [0.15, 0.2) is 47.3 Å². The van der Waals surface area contributed by atoms with E-state index < -0.39 is 0 Å². The predicted octanol–water partition coefficient (Wildman–Crippen LogP) is 6.76. The summed E-state index contributed by atoms with van der Waals surface area (Å²) in [6.45, 7) is 17.5. The van der Waals surface area contributed by atoms with E-state index in [1.54, 1.807) is 4.57 Å². The summed E-state index contributed by atoms with van der Waals surface area (Å²) in [5.74, 6) is 0.997. The van der Waals surface area contributed by atoms with Gasteiger partial charge in [0.2, 0.25) is 5.91 Å². The Balaban J connectivity index is 2.13. The second-order valence-electron chi connectivity index (χ2n) is 11.3. The Morgan fingerprint density at radius 2 is 1.77 bits per heavy atom. The van der Waals surface area contributed by atoms with Crippen LogP contribution < -0.4 is 5.56 Å². The van der Waals surface area contributed by atoms with Gasteiger partial charge in [0, 0.05) is 13.0 Å². The molecular formula is C30H41N3O2. The van der Waals surface area contributed by atoms with Crippen LogP contribution in [0.2, 0.25) is 0 Å². The highest BCUT2D eigenvalue weighted by Crippen LogP contribution is 2.29. The van der Waals surface area contributed by atoms with E-state index in [0.29, 0.717) is 29.7 Å². The number of benzene rings is 2. The predicted molar refractivity (Wildman–Crippen MR) is 145 cm³/mol. The number of para-hydroxylation sites is 1. The topological polar surface area (TPSA) is 55.2 Å². The molecule has 0 aliphatic rings. The maximum Gasteiger partial charge on any atom is 0.266 e. The van der Waals surface area contributed by atoms with Crippen molar-refractivity contribution in [2.75, 3.05) is 6.54 Å². The van der Waals surface area contributed by atoms with E-state index in [1.165, 1.54) is 0 Å². The zero-order chi connectivity index (χ0) is 25.9. The third-order valence-electron chi connectivity index (χ3n) is 6.50. The maximum atomic E-state index is 13.8. The van der Waals surface area contributed by atoms with E-state index in [1.807, 2.05) is 62.1 Å². The monoisotopic (exact) mass is 475 g/mol. The molecule has 2 unspecified atom stereocenters. The second-order valence-corrected chi connectivity index (χ2v) is 11.3. The second kappa shape index (κ2) is 10.8. The summed E-state index contributed by atoms with van der Waals surface area (Å²) in [6.07, 6.45) is 2.31. The van der Waals surface area contributed by atoms with Gasteiger partial charge in [-0.2, -0.15) is 0 Å². The van der Waals surface area contributed by atoms with Crippen molar-refractivity contribution in [3.05, 3.63) is 69.8 Å². The molecule has 0 radical (unpaired) electrons. The van der Waals surface area contributed by atoms with Gasteiger partial charge in [0.05, 0.1) is 22.6 Å². The van der Waals surface area contributed by atoms with Gasteiger partial charge in [-0.1, -0.05) is 64.4 Å². The third kappa shape index (κ3) is 6.19. The van der Waals surface area contributed by atoms with Crippen LogP contribution >= 0.6 is 0 Å². The Morgan fingerprint density at radius 1 is 1.09 bits per heavy atom. The first kappa shape index (κ1) is 26.7. The number of aromatic nitrogens is 2. The lowest BCUT2D eigenvalue weighted by molar-refractivity contribution is -0.134. The number of aryl methyl sites for hydroxylation is 2. The lowest BCUT2D eigenvalue weighted by atomic mass is 9.84. The summed E-state index contributed by atoms with van der Waals surface area (Å²) in [6, 6.07) is 13.2. The Kier molecular flexibility index (Phi) is 8.19. The van der Waals surface area contributed by atoms with Crippen LogP contribution in [0.25, 0.3) is 16.6 Å². The number of carbonyl (C=O) groups is 1. The van der Waals surface area contributed by atoms with Crippen molar-refractivity contribution >= 4 is 16.8 Å². The fourth-order valence-electron chi connectivity index (χ4n) is 5.17. The smallest absolute Gasteiger partial charge is 0.266 e. The number of fused-ring (bicyclic) bond motifs is 1. The van der Waals surface area contributed by atoms with Crippen LogP contribution in [0.5, 0.6) is 0 Å². The third-order valence-corrected chi connectivity index (χ3v) is 6.50. The summed E-state index contributed by atoms with van der Waals surface area (Å²) in [5, 5.41) is 0.579. The van der Waals surface area contributed by atoms with Crippen LogP contribution in [0, 0.1) is 25.2 Å². The van der Waals surface area contributed by atoms with Crippen molar-refractivity contribution in [3.63, 3.8) is 0 Å². The van der Waals surface area contributed by atoms with Gasteiger partial charge in [0.1, 0.15) is 5.82 Å². The molecule has 2 atom stereocenters. The van der Waals surface area contributed by atoms with Crippen molar-refractivity contribution < 1.29 is 4.79 Å². The molecule has 1 heterocycles. The van der Waals surface area contributed by atoms with Gasteiger partial charge in [0.15, 0.2) is 0 Å². The van der Waals surface area contributed by atoms with E-state index in [4.69, 9.17) is 4.98 Å². The maximum absolute atomic E-state index is 13.8. The molecule has 0 saturated heterocycles. The average Bonchev–Trinajstić information content (AvgIpc) is 2.76. The molecule has 5 heteroatoms. The number of hydrogen-bond donors (Lipinski definition) is 0. The summed E-state index contributed by atoms with van der Waals surface area (Å²) < 4.78 is 1.72. The first-order chi connectivity index (χ1) is 16.4. The van der Waals surface area contributed by atoms with Gasteiger partial charge in [0.25, 0.3) is 5.56 Å². The van der Waals surface area contributed by atoms with Crippen LogP contribution in [-0.4, -0.2) is 26.9 Å². The van der Waals surface area contributed by atoms with Crippen molar-refractivity contribution in [2.24, 2.45) is 11.3 Å². The number of carbonyl (C=O) groups excluding carboxylic acids is 1. The first-order valence-corrected chi connectivity index (χ1v) is 12.8. The van der Waals surface area contributed by atoms with Gasteiger partial charge in [-0.05, 0) is 68.7 Å². The molecule has 0 aliphatic heterocycles. The van der Waals surface area contributed by atoms with E-state index >= 15 is 0 Å². The molecule has 35 heavy (non-hydrogen) atoms. The molecule has 5 nitrogen and oxygen atoms in total. The van der Waals surface area contributed by atoms with Crippen molar-refractivity contribution in [1.82, 2.24) is 14.5 Å². The Morgan fingerprint density at radius 3 is 2.40 bits per heavy atom. The van der Waals surface area contributed by atoms with E-state index in [0.717, 1.165) is 29.7 Å². The van der Waals surface area contributed by atoms with E-state index in [-0.39, 0.29) is 28.8 Å². The van der Waals surface area contributed by atoms with Gasteiger partial charge in [-0.25, -0.2) is 4.98 Å². The van der Waals surface area contributed by atoms with Crippen LogP contribution in [0.4, 0.5) is 0 Å². The lowest BCUT2D eigenvalue weighted by Gasteiger charge is -2.32. The molecule has 3 rings (SSSR count). The van der Waals surface area contributed by atoms with Crippen molar-refractivity contribution in [3.8, 4) is 5.69 Å². The highest BCUT2D eigenvalue weighted by molar-refractivity contribution is 5.79. The molecule has 0 spiro atoms. The zero-order valence-electron chi connectivity index (χ0n) is 22.7. The summed E-state index contributed by atoms with van der Waals surface area (Å²) >= 11 is 0. The molecule has 1 amide bonds. The summed E-state index contributed by atoms with van der Waals surface area (Å²) in [7, 11) is 0. The first-order valence-electron chi connectivity index (χ1n) is 12.8. The number of nitrogens with zero attached hydrogens (tertiary/aromatic N) is 3. The van der Waals surface area contributed by atoms with Crippen molar-refractivity contribution in [2.45, 2.75) is 80.7 Å². The summed E-state index contributed by atoms with van der Waals surface area (Å²) in [4.78, 5) is 34.2. The zero-order valence-corrected chi connectivity index (χ0v) is 22.7. The van der Waals surface area contributed by atoms with Gasteiger partial charge in [-0.15, -0.1) is 0 Å². The fraction of sp³-hybridized carbons (Fsp3) is 0.500. The van der Waals surface area contributed by atoms with Crippen LogP contribution in [0.1, 0.15) is 83.8 Å². The summed E-state index contributed by atoms with van der Waals surface area (Å²) in [5.41, 5.74) is 3.68. The molecule has 188 valence electrons. The SMILES string of the molecule is CCCN(C(=O)CC(C)CC(C)(C)C)C(C)c1nc2ccccc2c(=O)n1-c1ccc(C)cc1C. The number of rotatable bonds is 8. The molecule has 0 bridgehead atoms. The molecule has 1 aromatic heterocycles. The van der Waals surface area contributed by atoms with E-state index in [9.17, 15) is 9.59 Å². The largest absolute Gasteiger partial charge is 0.333 e. The lowest BCUT2D eigenvalue weighted by Crippen LogP contribution is -2.38. The van der Waals surface area contributed by atoms with Gasteiger partial charge in [-0.3, -0.25) is 14.2 Å². The molecule has 0 aliphatic carbocycles. The molecule has 0 saturated carbocycles. The number of amides is 1. The van der Waals surface area contributed by atoms with Gasteiger partial charge >= 0.3 is 0 Å². The minimum Gasteiger partial charge on any atom is -0.333 e. The minimum atomic E-state index is -0.345. The molecule has 0 fully saturated rings. The number of hydrogen-bond acceptors (Lipinski definition) is 3. The Hall–Kier alpha value is -2.95. The highest BCUT2D eigenvalue weighted by atomic mass is 16.2. The van der Waals surface area contributed by atoms with Crippen molar-refractivity contribution in [1.29, 1.82) is 0 Å². The van der Waals surface area contributed by atoms with E-state index in [2.05, 4.69) is 40.7 Å². The Bertz CT molecular complexity index is 1250. The molecule has 3 aromatic rings. The Labute approximate surface area is 210 Å². The normalized spacial score (nSPS) is 13.6. The quantitative estimate of drug-likeness (QED) is 0.361.